The SMILES string of the molecule is CCOC(=O)[C@@]1(Cc2ccc(OCc3cc(C)nc4ccccc34)cc2)C[C@@H]1C(=O)NCC(=O)NO.CCOC(=O)[C@@]1(Cc2ccc(Oc3ccc(-c4ccccc4)cc3)cc2)C[C@@H]1C(=O)NO.Cc1cc(COc2ccc(C[C@@]3(C(N)=O)C[C@H]3C(=O)NO)cc2)c2ccccc2n1. The average Bonchev–Trinajstić information content (AvgIpc) is 1.59. The summed E-state index contributed by atoms with van der Waals surface area (Å²) in [6, 6.07) is 60.2. The molecular weight excluding hydrogens is 1250 g/mol. The standard InChI is InChI=1S/C27H29N3O6.C26H25NO5.C23H23N3O4/c1-3-35-26(33)27(14-22(27)25(32)28-15-24(31)30-34)13-18-8-10-20(11-9-18)36-16-19-12-17(2)29-23-7-5-4-6-21(19)23;1-2-31-25(29)26(17-23(26)24(28)27-30)16-18-8-12-21(13-9-18)32-22-14-10-20(11-15-22)19-6-4-3-5-7-19;1-14-10-16(18-4-2-3-5-20(18)25-14)13-30-17-8-6-15(7-9-17)11-23(22(24)28)12-19(23)21(27)26-29/h4-12,22,34H,3,13-16H2,1-2H3,(H,28,32)(H,30,31);3-15,23,30H,2,16-17H2,1H3,(H,27,28);2-10,19,29H,11-13H2,1H3,(H2,24,28)(H,26,27)/t22-,27+;23-,26+;19-,23+/m110/s1. The zero-order chi connectivity index (χ0) is 69.6. The maximum absolute atomic E-state index is 12.8. The molecule has 22 heteroatoms. The van der Waals surface area contributed by atoms with Crippen molar-refractivity contribution in [3.8, 4) is 34.1 Å². The molecule has 9 aromatic rings. The normalized spacial score (nSPS) is 19.1. The molecule has 3 saturated carbocycles. The van der Waals surface area contributed by atoms with Gasteiger partial charge in [0.05, 0.1) is 64.8 Å². The fourth-order valence-corrected chi connectivity index (χ4v) is 12.5. The smallest absolute Gasteiger partial charge is 0.313 e. The van der Waals surface area contributed by atoms with Crippen LogP contribution in [0.2, 0.25) is 0 Å². The van der Waals surface area contributed by atoms with E-state index >= 15 is 0 Å². The molecular formula is C76H77N7O15. The van der Waals surface area contributed by atoms with E-state index in [1.807, 2.05) is 190 Å². The van der Waals surface area contributed by atoms with Crippen LogP contribution in [0, 0.1) is 47.8 Å². The van der Waals surface area contributed by atoms with Crippen molar-refractivity contribution in [2.24, 2.45) is 39.7 Å². The lowest BCUT2D eigenvalue weighted by atomic mass is 9.93. The van der Waals surface area contributed by atoms with E-state index in [1.165, 1.54) is 5.48 Å². The van der Waals surface area contributed by atoms with Gasteiger partial charge in [0.1, 0.15) is 36.2 Å². The first kappa shape index (κ1) is 69.8. The molecule has 98 heavy (non-hydrogen) atoms. The summed E-state index contributed by atoms with van der Waals surface area (Å²) in [4.78, 5) is 93.6. The highest BCUT2D eigenvalue weighted by atomic mass is 16.5. The van der Waals surface area contributed by atoms with Crippen LogP contribution in [0.15, 0.2) is 188 Å². The van der Waals surface area contributed by atoms with Crippen molar-refractivity contribution in [3.63, 3.8) is 0 Å². The largest absolute Gasteiger partial charge is 0.489 e. The predicted molar refractivity (Wildman–Crippen MR) is 361 cm³/mol. The Bertz CT molecular complexity index is 4350. The molecule has 2 aromatic heterocycles. The molecule has 7 aromatic carbocycles. The first-order valence-corrected chi connectivity index (χ1v) is 32.1. The number of nitrogens with two attached hydrogens (primary N) is 1. The molecule has 0 spiro atoms. The molecule has 506 valence electrons. The molecule has 3 aliphatic carbocycles. The summed E-state index contributed by atoms with van der Waals surface area (Å²) in [5.74, 6) is -2.69. The number of aromatic nitrogens is 2. The van der Waals surface area contributed by atoms with Crippen LogP contribution in [-0.4, -0.2) is 86.8 Å². The Hall–Kier alpha value is -11.1. The summed E-state index contributed by atoms with van der Waals surface area (Å²) in [5, 5.41) is 30.9. The highest BCUT2D eigenvalue weighted by Crippen LogP contribution is 2.58. The van der Waals surface area contributed by atoms with Crippen LogP contribution in [0.4, 0.5) is 0 Å². The Morgan fingerprint density at radius 2 is 0.847 bits per heavy atom. The number of fused-ring (bicyclic) bond motifs is 2. The molecule has 2 heterocycles. The molecule has 0 aliphatic heterocycles. The summed E-state index contributed by atoms with van der Waals surface area (Å²) in [5.41, 5.74) is 18.1. The molecule has 0 radical (unpaired) electrons. The third-order valence-corrected chi connectivity index (χ3v) is 18.0. The van der Waals surface area contributed by atoms with E-state index in [-0.39, 0.29) is 19.8 Å². The Morgan fingerprint density at radius 1 is 0.469 bits per heavy atom. The van der Waals surface area contributed by atoms with Crippen LogP contribution in [0.3, 0.4) is 0 Å². The van der Waals surface area contributed by atoms with E-state index in [4.69, 9.17) is 45.0 Å². The number of nitrogens with one attached hydrogen (secondary N) is 4. The van der Waals surface area contributed by atoms with Gasteiger partial charge in [-0.1, -0.05) is 115 Å². The van der Waals surface area contributed by atoms with Crippen molar-refractivity contribution in [1.29, 1.82) is 0 Å². The highest BCUT2D eigenvalue weighted by molar-refractivity contribution is 5.96. The second-order valence-corrected chi connectivity index (χ2v) is 24.7. The van der Waals surface area contributed by atoms with Gasteiger partial charge in [-0.25, -0.2) is 16.4 Å². The molecule has 9 N–H and O–H groups in total. The van der Waals surface area contributed by atoms with E-state index < -0.39 is 75.5 Å². The number of ether oxygens (including phenoxy) is 5. The van der Waals surface area contributed by atoms with Crippen LogP contribution in [0.25, 0.3) is 32.9 Å². The maximum Gasteiger partial charge on any atom is 0.313 e. The van der Waals surface area contributed by atoms with Crippen LogP contribution in [0.1, 0.15) is 72.3 Å². The quantitative estimate of drug-likeness (QED) is 0.0150. The van der Waals surface area contributed by atoms with Gasteiger partial charge in [-0.2, -0.15) is 0 Å². The maximum atomic E-state index is 12.8. The first-order valence-electron chi connectivity index (χ1n) is 32.1. The minimum Gasteiger partial charge on any atom is -0.489 e. The lowest BCUT2D eigenvalue weighted by molar-refractivity contribution is -0.152. The number of aryl methyl sites for hydroxylation is 2. The number of esters is 2. The summed E-state index contributed by atoms with van der Waals surface area (Å²) >= 11 is 0. The zero-order valence-corrected chi connectivity index (χ0v) is 54.6. The number of hydroxylamine groups is 3. The first-order chi connectivity index (χ1) is 47.3. The molecule has 0 bridgehead atoms. The minimum atomic E-state index is -0.981. The number of benzene rings is 7. The molecule has 3 aliphatic rings. The van der Waals surface area contributed by atoms with Gasteiger partial charge < -0.3 is 34.7 Å². The number of pyridine rings is 2. The number of carbonyl (C=O) groups is 7. The fraction of sp³-hybridized carbons (Fsp3) is 0.276. The molecule has 0 unspecified atom stereocenters. The number of primary amides is 1. The molecule has 3 fully saturated rings. The van der Waals surface area contributed by atoms with E-state index in [0.717, 1.165) is 77.9 Å². The Balaban J connectivity index is 0.000000160. The van der Waals surface area contributed by atoms with Gasteiger partial charge >= 0.3 is 11.9 Å². The number of nitrogens with zero attached hydrogens (tertiary/aromatic N) is 2. The lowest BCUT2D eigenvalue weighted by Crippen LogP contribution is -2.38. The van der Waals surface area contributed by atoms with Crippen LogP contribution in [-0.2, 0) is 75.5 Å². The average molecular weight is 1330 g/mol. The second-order valence-electron chi connectivity index (χ2n) is 24.7. The van der Waals surface area contributed by atoms with E-state index in [1.54, 1.807) is 24.8 Å². The van der Waals surface area contributed by atoms with Gasteiger partial charge in [-0.3, -0.25) is 59.2 Å². The van der Waals surface area contributed by atoms with Crippen LogP contribution < -0.4 is 41.7 Å². The number of amides is 5. The van der Waals surface area contributed by atoms with Crippen molar-refractivity contribution < 1.29 is 72.9 Å². The zero-order valence-electron chi connectivity index (χ0n) is 54.6. The van der Waals surface area contributed by atoms with Gasteiger partial charge in [0, 0.05) is 33.3 Å². The van der Waals surface area contributed by atoms with E-state index in [9.17, 15) is 33.6 Å². The van der Waals surface area contributed by atoms with E-state index in [2.05, 4.69) is 27.4 Å². The minimum absolute atomic E-state index is 0.206. The predicted octanol–water partition coefficient (Wildman–Crippen LogP) is 10.3. The second kappa shape index (κ2) is 31.2. The number of hydrogen-bond acceptors (Lipinski definition) is 17. The van der Waals surface area contributed by atoms with Crippen molar-refractivity contribution in [2.45, 2.75) is 79.4 Å². The molecule has 22 nitrogen and oxygen atoms in total. The Kier molecular flexibility index (Phi) is 22.2. The van der Waals surface area contributed by atoms with Gasteiger partial charge in [0.2, 0.25) is 23.6 Å². The lowest BCUT2D eigenvalue weighted by Gasteiger charge is -2.16. The molecule has 0 saturated heterocycles. The topological polar surface area (TPSA) is 326 Å². The molecule has 12 rings (SSSR count). The van der Waals surface area contributed by atoms with Gasteiger partial charge in [-0.05, 0) is 167 Å². The summed E-state index contributed by atoms with van der Waals surface area (Å²) < 4.78 is 28.4. The van der Waals surface area contributed by atoms with Crippen molar-refractivity contribution in [3.05, 3.63) is 227 Å². The van der Waals surface area contributed by atoms with Crippen molar-refractivity contribution >= 4 is 63.3 Å². The van der Waals surface area contributed by atoms with Gasteiger partial charge in [0.25, 0.3) is 5.91 Å². The van der Waals surface area contributed by atoms with Crippen molar-refractivity contribution in [2.75, 3.05) is 19.8 Å². The highest BCUT2D eigenvalue weighted by Gasteiger charge is 2.66. The summed E-state index contributed by atoms with van der Waals surface area (Å²) in [6.45, 7) is 8.23. The Morgan fingerprint density at radius 3 is 1.28 bits per heavy atom. The van der Waals surface area contributed by atoms with Crippen LogP contribution >= 0.6 is 0 Å². The molecule has 6 atom stereocenters. The number of hydrogen-bond donors (Lipinski definition) is 8. The third-order valence-electron chi connectivity index (χ3n) is 18.0. The Labute approximate surface area is 565 Å². The van der Waals surface area contributed by atoms with Crippen LogP contribution in [0.5, 0.6) is 23.0 Å². The van der Waals surface area contributed by atoms with E-state index in [0.29, 0.717) is 69.0 Å². The monoisotopic (exact) mass is 1330 g/mol. The van der Waals surface area contributed by atoms with Crippen molar-refractivity contribution in [1.82, 2.24) is 31.7 Å². The molecule has 5 amide bonds. The number of rotatable bonds is 25. The number of para-hydroxylation sites is 2. The summed E-state index contributed by atoms with van der Waals surface area (Å²) in [6.07, 6.45) is 2.03. The number of carbonyl (C=O) groups excluding carboxylic acids is 7. The van der Waals surface area contributed by atoms with Gasteiger partial charge in [-0.15, -0.1) is 0 Å². The van der Waals surface area contributed by atoms with Gasteiger partial charge in [0.15, 0.2) is 0 Å². The third kappa shape index (κ3) is 16.6. The summed E-state index contributed by atoms with van der Waals surface area (Å²) in [7, 11) is 0. The fourth-order valence-electron chi connectivity index (χ4n) is 12.5.